The molecule has 4 heteroatoms. The molecule has 0 aliphatic heterocycles. The van der Waals surface area contributed by atoms with Crippen molar-refractivity contribution in [2.24, 2.45) is 0 Å². The minimum atomic E-state index is -0.945. The smallest absolute Gasteiger partial charge is 0.335 e. The third-order valence-corrected chi connectivity index (χ3v) is 5.80. The lowest BCUT2D eigenvalue weighted by Gasteiger charge is -2.12. The molecular weight excluding hydrogens is 434 g/mol. The average molecular weight is 458 g/mol. The van der Waals surface area contributed by atoms with Gasteiger partial charge in [0.25, 0.3) is 0 Å². The second-order valence-corrected chi connectivity index (χ2v) is 8.14. The minimum Gasteiger partial charge on any atom is -0.488 e. The molecule has 0 amide bonds. The van der Waals surface area contributed by atoms with Gasteiger partial charge in [-0.1, -0.05) is 84.9 Å². The lowest BCUT2D eigenvalue weighted by Crippen LogP contribution is -1.98. The van der Waals surface area contributed by atoms with E-state index in [1.54, 1.807) is 24.3 Å². The van der Waals surface area contributed by atoms with Crippen molar-refractivity contribution in [2.45, 2.75) is 6.61 Å². The zero-order chi connectivity index (χ0) is 24.0. The first-order valence-electron chi connectivity index (χ1n) is 11.3. The number of hydrogen-bond donors (Lipinski definition) is 1. The largest absolute Gasteiger partial charge is 0.488 e. The predicted octanol–water partition coefficient (Wildman–Crippen LogP) is 7.36. The second-order valence-electron chi connectivity index (χ2n) is 8.14. The summed E-state index contributed by atoms with van der Waals surface area (Å²) in [6.07, 6.45) is 0. The third kappa shape index (κ3) is 5.12. The monoisotopic (exact) mass is 457 g/mol. The summed E-state index contributed by atoms with van der Waals surface area (Å²) < 4.78 is 6.21. The van der Waals surface area contributed by atoms with Gasteiger partial charge in [-0.2, -0.15) is 0 Å². The maximum Gasteiger partial charge on any atom is 0.335 e. The molecule has 5 aromatic rings. The van der Waals surface area contributed by atoms with E-state index < -0.39 is 5.97 Å². The van der Waals surface area contributed by atoms with Gasteiger partial charge in [0.15, 0.2) is 0 Å². The van der Waals surface area contributed by atoms with E-state index in [2.05, 4.69) is 36.4 Å². The van der Waals surface area contributed by atoms with Crippen molar-refractivity contribution < 1.29 is 14.6 Å². The predicted molar refractivity (Wildman–Crippen MR) is 138 cm³/mol. The summed E-state index contributed by atoms with van der Waals surface area (Å²) in [7, 11) is 0. The maximum absolute atomic E-state index is 11.1. The average Bonchev–Trinajstić information content (AvgIpc) is 2.93. The number of hydrogen-bond acceptors (Lipinski definition) is 3. The van der Waals surface area contributed by atoms with Crippen LogP contribution in [0.1, 0.15) is 15.9 Å². The molecule has 0 aliphatic rings. The Morgan fingerprint density at radius 2 is 1.26 bits per heavy atom. The molecular formula is C31H23NO3. The van der Waals surface area contributed by atoms with E-state index in [9.17, 15) is 4.79 Å². The van der Waals surface area contributed by atoms with Crippen LogP contribution in [0, 0.1) is 0 Å². The summed E-state index contributed by atoms with van der Waals surface area (Å²) >= 11 is 0. The number of para-hydroxylation sites is 1. The van der Waals surface area contributed by atoms with Crippen LogP contribution in [0.4, 0.5) is 0 Å². The molecule has 0 fully saturated rings. The van der Waals surface area contributed by atoms with E-state index in [1.807, 2.05) is 60.7 Å². The number of ether oxygens (including phenoxy) is 1. The fourth-order valence-corrected chi connectivity index (χ4v) is 3.92. The Morgan fingerprint density at radius 3 is 2.00 bits per heavy atom. The van der Waals surface area contributed by atoms with Gasteiger partial charge in [0.05, 0.1) is 17.0 Å². The van der Waals surface area contributed by atoms with Crippen LogP contribution in [0.5, 0.6) is 5.75 Å². The molecule has 4 aromatic carbocycles. The van der Waals surface area contributed by atoms with Crippen molar-refractivity contribution in [3.63, 3.8) is 0 Å². The van der Waals surface area contributed by atoms with Crippen molar-refractivity contribution in [1.29, 1.82) is 0 Å². The SMILES string of the molecule is O=C(O)c1ccc(-c2cccc(-c3ccccc3OCc3ccc(-c4ccccc4)cc3)n2)cc1. The minimum absolute atomic E-state index is 0.250. The lowest BCUT2D eigenvalue weighted by atomic mass is 10.0. The Kier molecular flexibility index (Phi) is 6.35. The van der Waals surface area contributed by atoms with Gasteiger partial charge in [0, 0.05) is 11.1 Å². The summed E-state index contributed by atoms with van der Waals surface area (Å²) in [5, 5.41) is 9.14. The number of carboxylic acid groups (broad SMARTS) is 1. The zero-order valence-electron chi connectivity index (χ0n) is 19.0. The molecule has 1 heterocycles. The highest BCUT2D eigenvalue weighted by atomic mass is 16.5. The molecule has 0 bridgehead atoms. The van der Waals surface area contributed by atoms with E-state index >= 15 is 0 Å². The van der Waals surface area contributed by atoms with Gasteiger partial charge in [-0.25, -0.2) is 9.78 Å². The van der Waals surface area contributed by atoms with Crippen LogP contribution in [-0.2, 0) is 6.61 Å². The highest BCUT2D eigenvalue weighted by Crippen LogP contribution is 2.31. The Bertz CT molecular complexity index is 1440. The van der Waals surface area contributed by atoms with Gasteiger partial charge in [-0.15, -0.1) is 0 Å². The molecule has 0 aliphatic carbocycles. The number of aromatic carboxylic acids is 1. The maximum atomic E-state index is 11.1. The van der Waals surface area contributed by atoms with E-state index in [4.69, 9.17) is 14.8 Å². The van der Waals surface area contributed by atoms with Gasteiger partial charge in [0.2, 0.25) is 0 Å². The second kappa shape index (κ2) is 10.1. The van der Waals surface area contributed by atoms with Gasteiger partial charge in [-0.3, -0.25) is 0 Å². The fourth-order valence-electron chi connectivity index (χ4n) is 3.92. The number of aromatic nitrogens is 1. The van der Waals surface area contributed by atoms with E-state index in [0.717, 1.165) is 33.8 Å². The molecule has 0 spiro atoms. The van der Waals surface area contributed by atoms with E-state index in [0.29, 0.717) is 6.61 Å². The number of benzene rings is 4. The number of rotatable bonds is 7. The standard InChI is InChI=1S/C31H23NO3/c33-31(34)26-19-17-25(18-20-26)28-10-6-11-29(32-28)27-9-4-5-12-30(27)35-21-22-13-15-24(16-14-22)23-7-2-1-3-8-23/h1-20H,21H2,(H,33,34). The normalized spacial score (nSPS) is 10.6. The van der Waals surface area contributed by atoms with Crippen LogP contribution in [0.2, 0.25) is 0 Å². The molecule has 0 radical (unpaired) electrons. The number of pyridine rings is 1. The summed E-state index contributed by atoms with van der Waals surface area (Å²) in [6, 6.07) is 39.1. The molecule has 0 atom stereocenters. The van der Waals surface area contributed by atoms with Crippen molar-refractivity contribution in [3.8, 4) is 39.4 Å². The molecule has 1 aromatic heterocycles. The van der Waals surface area contributed by atoms with Crippen LogP contribution in [-0.4, -0.2) is 16.1 Å². The van der Waals surface area contributed by atoms with Gasteiger partial charge < -0.3 is 9.84 Å². The van der Waals surface area contributed by atoms with Crippen LogP contribution < -0.4 is 4.74 Å². The molecule has 1 N–H and O–H groups in total. The first-order valence-corrected chi connectivity index (χ1v) is 11.3. The Morgan fingerprint density at radius 1 is 0.629 bits per heavy atom. The highest BCUT2D eigenvalue weighted by Gasteiger charge is 2.10. The molecule has 5 rings (SSSR count). The molecule has 0 saturated carbocycles. The quantitative estimate of drug-likeness (QED) is 0.277. The summed E-state index contributed by atoms with van der Waals surface area (Å²) in [5.41, 5.74) is 7.01. The third-order valence-electron chi connectivity index (χ3n) is 5.80. The number of carbonyl (C=O) groups is 1. The van der Waals surface area contributed by atoms with Crippen LogP contribution in [0.15, 0.2) is 121 Å². The first-order chi connectivity index (χ1) is 17.2. The lowest BCUT2D eigenvalue weighted by molar-refractivity contribution is 0.0697. The van der Waals surface area contributed by atoms with Crippen molar-refractivity contribution in [2.75, 3.05) is 0 Å². The summed E-state index contributed by atoms with van der Waals surface area (Å²) in [4.78, 5) is 16.0. The Balaban J connectivity index is 1.35. The van der Waals surface area contributed by atoms with Gasteiger partial charge in [-0.05, 0) is 53.1 Å². The highest BCUT2D eigenvalue weighted by molar-refractivity contribution is 5.88. The Labute approximate surface area is 204 Å². The Hall–Kier alpha value is -4.70. The molecule has 35 heavy (non-hydrogen) atoms. The van der Waals surface area contributed by atoms with Crippen LogP contribution in [0.3, 0.4) is 0 Å². The van der Waals surface area contributed by atoms with Crippen LogP contribution >= 0.6 is 0 Å². The molecule has 0 unspecified atom stereocenters. The number of carboxylic acids is 1. The van der Waals surface area contributed by atoms with E-state index in [-0.39, 0.29) is 5.56 Å². The fraction of sp³-hybridized carbons (Fsp3) is 0.0323. The molecule has 0 saturated heterocycles. The molecule has 170 valence electrons. The van der Waals surface area contributed by atoms with Crippen molar-refractivity contribution in [3.05, 3.63) is 132 Å². The van der Waals surface area contributed by atoms with Gasteiger partial charge >= 0.3 is 5.97 Å². The van der Waals surface area contributed by atoms with Gasteiger partial charge in [0.1, 0.15) is 12.4 Å². The number of nitrogens with zero attached hydrogens (tertiary/aromatic N) is 1. The van der Waals surface area contributed by atoms with Crippen molar-refractivity contribution in [1.82, 2.24) is 4.98 Å². The van der Waals surface area contributed by atoms with Crippen molar-refractivity contribution >= 4 is 5.97 Å². The van der Waals surface area contributed by atoms with Crippen LogP contribution in [0.25, 0.3) is 33.6 Å². The van der Waals surface area contributed by atoms with E-state index in [1.165, 1.54) is 11.1 Å². The first kappa shape index (κ1) is 22.1. The summed E-state index contributed by atoms with van der Waals surface area (Å²) in [5.74, 6) is -0.190. The topological polar surface area (TPSA) is 59.4 Å². The molecule has 4 nitrogen and oxygen atoms in total. The zero-order valence-corrected chi connectivity index (χ0v) is 19.0. The summed E-state index contributed by atoms with van der Waals surface area (Å²) in [6.45, 7) is 0.447.